The van der Waals surface area contributed by atoms with E-state index in [-0.39, 0.29) is 24.1 Å². The van der Waals surface area contributed by atoms with E-state index in [1.165, 1.54) is 0 Å². The Kier molecular flexibility index (Phi) is 5.15. The van der Waals surface area contributed by atoms with E-state index in [1.54, 1.807) is 6.92 Å². The maximum absolute atomic E-state index is 11.8. The summed E-state index contributed by atoms with van der Waals surface area (Å²) in [6, 6.07) is 0. The zero-order chi connectivity index (χ0) is 13.7. The number of nitrogens with one attached hydrogen (secondary N) is 2. The Labute approximate surface area is 107 Å². The summed E-state index contributed by atoms with van der Waals surface area (Å²) in [5.74, 6) is -0.162. The van der Waals surface area contributed by atoms with Gasteiger partial charge in [-0.1, -0.05) is 26.7 Å². The topological polar surface area (TPSA) is 104 Å². The molecule has 1 unspecified atom stereocenters. The van der Waals surface area contributed by atoms with Crippen molar-refractivity contribution in [3.8, 4) is 0 Å². The van der Waals surface area contributed by atoms with Crippen LogP contribution in [0.2, 0.25) is 0 Å². The Morgan fingerprint density at radius 1 is 1.50 bits per heavy atom. The predicted molar refractivity (Wildman–Crippen MR) is 70.1 cm³/mol. The summed E-state index contributed by atoms with van der Waals surface area (Å²) in [7, 11) is 0. The number of aliphatic hydroxyl groups excluding tert-OH is 1. The first-order valence-electron chi connectivity index (χ1n) is 6.27. The van der Waals surface area contributed by atoms with Gasteiger partial charge in [0.1, 0.15) is 0 Å². The zero-order valence-electron chi connectivity index (χ0n) is 11.2. The predicted octanol–water partition coefficient (Wildman–Crippen LogP) is 0.827. The fourth-order valence-corrected chi connectivity index (χ4v) is 1.89. The number of aromatic amines is 1. The average molecular weight is 254 g/mol. The number of anilines is 1. The molecule has 1 atom stereocenters. The van der Waals surface area contributed by atoms with E-state index >= 15 is 0 Å². The van der Waals surface area contributed by atoms with Crippen molar-refractivity contribution in [3.05, 3.63) is 11.4 Å². The number of aryl methyl sites for hydroxylation is 1. The van der Waals surface area contributed by atoms with Gasteiger partial charge in [0, 0.05) is 6.54 Å². The molecule has 5 N–H and O–H groups in total. The molecular weight excluding hydrogens is 232 g/mol. The molecule has 0 saturated carbocycles. The molecule has 1 aromatic rings. The standard InChI is InChI=1S/C12H22N4O2/c1-4-8(5-2)9(17)6-14-12(18)11-10(13)7(3)15-16-11/h8-9,17H,4-6,13H2,1-3H3,(H,14,18)(H,15,16). The fourth-order valence-electron chi connectivity index (χ4n) is 1.89. The van der Waals surface area contributed by atoms with Crippen LogP contribution in [0.15, 0.2) is 0 Å². The highest BCUT2D eigenvalue weighted by molar-refractivity contribution is 5.97. The minimum Gasteiger partial charge on any atom is -0.395 e. The Hall–Kier alpha value is -1.56. The lowest BCUT2D eigenvalue weighted by Gasteiger charge is -2.20. The number of carbonyl (C=O) groups excluding carboxylic acids is 1. The second kappa shape index (κ2) is 6.39. The Morgan fingerprint density at radius 3 is 2.56 bits per heavy atom. The molecule has 0 saturated heterocycles. The van der Waals surface area contributed by atoms with Crippen LogP contribution >= 0.6 is 0 Å². The minimum atomic E-state index is -0.537. The third kappa shape index (κ3) is 3.22. The van der Waals surface area contributed by atoms with Crippen molar-refractivity contribution in [2.45, 2.75) is 39.7 Å². The zero-order valence-corrected chi connectivity index (χ0v) is 11.2. The molecule has 0 aromatic carbocycles. The van der Waals surface area contributed by atoms with Gasteiger partial charge < -0.3 is 16.2 Å². The van der Waals surface area contributed by atoms with Gasteiger partial charge in [-0.25, -0.2) is 0 Å². The normalized spacial score (nSPS) is 12.7. The summed E-state index contributed by atoms with van der Waals surface area (Å²) < 4.78 is 0. The molecule has 6 heteroatoms. The van der Waals surface area contributed by atoms with Gasteiger partial charge in [0.25, 0.3) is 5.91 Å². The van der Waals surface area contributed by atoms with E-state index in [4.69, 9.17) is 5.73 Å². The van der Waals surface area contributed by atoms with Gasteiger partial charge in [0.05, 0.1) is 17.5 Å². The van der Waals surface area contributed by atoms with Gasteiger partial charge in [0.15, 0.2) is 5.69 Å². The molecule has 102 valence electrons. The lowest BCUT2D eigenvalue weighted by molar-refractivity contribution is 0.0813. The van der Waals surface area contributed by atoms with Crippen LogP contribution in [0, 0.1) is 12.8 Å². The Balaban J connectivity index is 2.54. The molecular formula is C12H22N4O2. The van der Waals surface area contributed by atoms with Crippen molar-refractivity contribution in [3.63, 3.8) is 0 Å². The summed E-state index contributed by atoms with van der Waals surface area (Å²) in [4.78, 5) is 11.8. The maximum Gasteiger partial charge on any atom is 0.274 e. The number of H-pyrrole nitrogens is 1. The number of carbonyl (C=O) groups is 1. The highest BCUT2D eigenvalue weighted by atomic mass is 16.3. The minimum absolute atomic E-state index is 0.184. The Morgan fingerprint density at radius 2 is 2.11 bits per heavy atom. The highest BCUT2D eigenvalue weighted by Gasteiger charge is 2.19. The lowest BCUT2D eigenvalue weighted by atomic mass is 9.96. The van der Waals surface area contributed by atoms with Crippen LogP contribution in [-0.2, 0) is 0 Å². The second-order valence-electron chi connectivity index (χ2n) is 4.46. The van der Waals surface area contributed by atoms with E-state index < -0.39 is 6.10 Å². The van der Waals surface area contributed by atoms with Crippen molar-refractivity contribution in [1.29, 1.82) is 0 Å². The summed E-state index contributed by atoms with van der Waals surface area (Å²) in [6.45, 7) is 6.01. The number of nitrogen functional groups attached to an aromatic ring is 1. The molecule has 0 aliphatic rings. The third-order valence-electron chi connectivity index (χ3n) is 3.27. The second-order valence-corrected chi connectivity index (χ2v) is 4.46. The summed E-state index contributed by atoms with van der Waals surface area (Å²) in [6.07, 6.45) is 1.24. The smallest absolute Gasteiger partial charge is 0.274 e. The van der Waals surface area contributed by atoms with Gasteiger partial charge in [-0.05, 0) is 12.8 Å². The summed E-state index contributed by atoms with van der Waals surface area (Å²) in [5.41, 5.74) is 6.91. The van der Waals surface area contributed by atoms with Crippen molar-refractivity contribution >= 4 is 11.6 Å². The third-order valence-corrected chi connectivity index (χ3v) is 3.27. The van der Waals surface area contributed by atoms with Crippen LogP contribution in [-0.4, -0.2) is 33.9 Å². The molecule has 1 rings (SSSR count). The van der Waals surface area contributed by atoms with Gasteiger partial charge >= 0.3 is 0 Å². The van der Waals surface area contributed by atoms with Crippen LogP contribution in [0.4, 0.5) is 5.69 Å². The molecule has 0 spiro atoms. The molecule has 0 aliphatic heterocycles. The van der Waals surface area contributed by atoms with Crippen LogP contribution in [0.5, 0.6) is 0 Å². The van der Waals surface area contributed by atoms with Crippen LogP contribution in [0.25, 0.3) is 0 Å². The SMILES string of the molecule is CCC(CC)C(O)CNC(=O)c1n[nH]c(C)c1N. The number of hydrogen-bond acceptors (Lipinski definition) is 4. The van der Waals surface area contributed by atoms with Crippen molar-refractivity contribution < 1.29 is 9.90 Å². The fraction of sp³-hybridized carbons (Fsp3) is 0.667. The molecule has 0 radical (unpaired) electrons. The molecule has 6 nitrogen and oxygen atoms in total. The van der Waals surface area contributed by atoms with E-state index in [1.807, 2.05) is 13.8 Å². The molecule has 18 heavy (non-hydrogen) atoms. The molecule has 1 amide bonds. The first-order valence-corrected chi connectivity index (χ1v) is 6.27. The lowest BCUT2D eigenvalue weighted by Crippen LogP contribution is -2.36. The number of rotatable bonds is 6. The van der Waals surface area contributed by atoms with Crippen LogP contribution in [0.1, 0.15) is 42.9 Å². The van der Waals surface area contributed by atoms with Gasteiger partial charge in [0.2, 0.25) is 0 Å². The van der Waals surface area contributed by atoms with Gasteiger partial charge in [-0.2, -0.15) is 5.10 Å². The summed E-state index contributed by atoms with van der Waals surface area (Å²) in [5, 5.41) is 19.0. The van der Waals surface area contributed by atoms with E-state index in [9.17, 15) is 9.90 Å². The molecule has 0 fully saturated rings. The molecule has 1 aromatic heterocycles. The monoisotopic (exact) mass is 254 g/mol. The molecule has 1 heterocycles. The number of aliphatic hydroxyl groups is 1. The van der Waals surface area contributed by atoms with Crippen molar-refractivity contribution in [2.24, 2.45) is 5.92 Å². The first-order chi connectivity index (χ1) is 8.51. The Bertz CT molecular complexity index is 399. The number of aromatic nitrogens is 2. The highest BCUT2D eigenvalue weighted by Crippen LogP contribution is 2.14. The van der Waals surface area contributed by atoms with E-state index in [2.05, 4.69) is 15.5 Å². The molecule has 0 aliphatic carbocycles. The van der Waals surface area contributed by atoms with Crippen molar-refractivity contribution in [2.75, 3.05) is 12.3 Å². The first kappa shape index (κ1) is 14.5. The number of nitrogens with two attached hydrogens (primary N) is 1. The quantitative estimate of drug-likeness (QED) is 0.603. The van der Waals surface area contributed by atoms with Crippen LogP contribution in [0.3, 0.4) is 0 Å². The largest absolute Gasteiger partial charge is 0.395 e. The maximum atomic E-state index is 11.8. The van der Waals surface area contributed by atoms with E-state index in [0.717, 1.165) is 12.8 Å². The van der Waals surface area contributed by atoms with E-state index in [0.29, 0.717) is 11.4 Å². The van der Waals surface area contributed by atoms with Crippen LogP contribution < -0.4 is 11.1 Å². The molecule has 0 bridgehead atoms. The van der Waals surface area contributed by atoms with Gasteiger partial charge in [-0.3, -0.25) is 9.89 Å². The number of amides is 1. The summed E-state index contributed by atoms with van der Waals surface area (Å²) >= 11 is 0. The average Bonchev–Trinajstić information content (AvgIpc) is 2.69. The number of nitrogens with zero attached hydrogens (tertiary/aromatic N) is 1. The van der Waals surface area contributed by atoms with Gasteiger partial charge in [-0.15, -0.1) is 0 Å². The van der Waals surface area contributed by atoms with Crippen molar-refractivity contribution in [1.82, 2.24) is 15.5 Å². The number of hydrogen-bond donors (Lipinski definition) is 4.